The van der Waals surface area contributed by atoms with E-state index in [9.17, 15) is 23.2 Å². The van der Waals surface area contributed by atoms with Crippen molar-refractivity contribution in [2.24, 2.45) is 17.8 Å². The van der Waals surface area contributed by atoms with Crippen LogP contribution < -0.4 is 10.6 Å². The highest BCUT2D eigenvalue weighted by molar-refractivity contribution is 5.81. The molecule has 0 spiro atoms. The van der Waals surface area contributed by atoms with Crippen LogP contribution in [-0.4, -0.2) is 48.2 Å². The number of halogens is 2. The van der Waals surface area contributed by atoms with E-state index in [0.717, 1.165) is 22.3 Å². The molecule has 0 aromatic heterocycles. The van der Waals surface area contributed by atoms with Crippen LogP contribution in [0.1, 0.15) is 36.3 Å². The average molecular weight is 484 g/mol. The van der Waals surface area contributed by atoms with Gasteiger partial charge in [0.1, 0.15) is 6.61 Å². The van der Waals surface area contributed by atoms with Crippen LogP contribution in [0.25, 0.3) is 11.1 Å². The van der Waals surface area contributed by atoms with Crippen LogP contribution in [0.5, 0.6) is 0 Å². The molecule has 4 atom stereocenters. The minimum absolute atomic E-state index is 0.0363. The summed E-state index contributed by atoms with van der Waals surface area (Å²) in [4.78, 5) is 35.3. The summed E-state index contributed by atoms with van der Waals surface area (Å²) in [5, 5.41) is 13.4. The Morgan fingerprint density at radius 1 is 0.971 bits per heavy atom. The zero-order valence-corrected chi connectivity index (χ0v) is 18.9. The van der Waals surface area contributed by atoms with Crippen LogP contribution in [0.4, 0.5) is 13.6 Å². The lowest BCUT2D eigenvalue weighted by Gasteiger charge is -2.40. The van der Waals surface area contributed by atoms with Gasteiger partial charge < -0.3 is 20.5 Å². The lowest BCUT2D eigenvalue weighted by Crippen LogP contribution is -2.50. The Bertz CT molecular complexity index is 1120. The molecule has 9 heteroatoms. The van der Waals surface area contributed by atoms with Crippen molar-refractivity contribution in [2.75, 3.05) is 13.2 Å². The van der Waals surface area contributed by atoms with Crippen molar-refractivity contribution in [3.8, 4) is 11.1 Å². The van der Waals surface area contributed by atoms with Gasteiger partial charge in [-0.1, -0.05) is 48.5 Å². The third kappa shape index (κ3) is 4.35. The number of nitrogens with one attached hydrogen (secondary N) is 2. The molecule has 1 unspecified atom stereocenters. The summed E-state index contributed by atoms with van der Waals surface area (Å²) >= 11 is 0. The molecule has 184 valence electrons. The third-order valence-electron chi connectivity index (χ3n) is 7.64. The first-order chi connectivity index (χ1) is 16.7. The Balaban J connectivity index is 1.12. The van der Waals surface area contributed by atoms with Crippen molar-refractivity contribution in [3.05, 3.63) is 59.7 Å². The molecule has 2 amide bonds. The number of hydrogen-bond donors (Lipinski definition) is 3. The molecule has 7 nitrogen and oxygen atoms in total. The number of fused-ring (bicyclic) bond motifs is 4. The van der Waals surface area contributed by atoms with Gasteiger partial charge in [-0.25, -0.2) is 9.59 Å². The number of hydrogen-bond acceptors (Lipinski definition) is 4. The van der Waals surface area contributed by atoms with E-state index in [0.29, 0.717) is 19.3 Å². The Morgan fingerprint density at radius 3 is 2.23 bits per heavy atom. The molecule has 2 saturated carbocycles. The number of amides is 2. The molecule has 0 saturated heterocycles. The van der Waals surface area contributed by atoms with Crippen molar-refractivity contribution >= 4 is 18.0 Å². The van der Waals surface area contributed by atoms with Crippen molar-refractivity contribution < 1.29 is 33.0 Å². The average Bonchev–Trinajstić information content (AvgIpc) is 3.35. The number of carbonyl (C=O) groups excluding carboxylic acids is 2. The van der Waals surface area contributed by atoms with Gasteiger partial charge in [0.15, 0.2) is 0 Å². The lowest BCUT2D eigenvalue weighted by molar-refractivity contribution is -0.164. The molecule has 0 heterocycles. The fourth-order valence-corrected chi connectivity index (χ4v) is 5.82. The van der Waals surface area contributed by atoms with Gasteiger partial charge in [0, 0.05) is 17.9 Å². The van der Waals surface area contributed by atoms with Crippen molar-refractivity contribution in [2.45, 2.75) is 37.1 Å². The van der Waals surface area contributed by atoms with E-state index in [2.05, 4.69) is 22.8 Å². The summed E-state index contributed by atoms with van der Waals surface area (Å²) in [5.41, 5.74) is 4.55. The van der Waals surface area contributed by atoms with E-state index in [1.165, 1.54) is 0 Å². The van der Waals surface area contributed by atoms with Gasteiger partial charge in [0.2, 0.25) is 5.91 Å². The first-order valence-electron chi connectivity index (χ1n) is 11.7. The van der Waals surface area contributed by atoms with Crippen LogP contribution in [0, 0.1) is 17.8 Å². The standard InChI is InChI=1S/C26H26F2N2O5/c27-26(28,24(32)33)13-29-23(31)15-9-14-11-22(20(14)10-15)30-25(34)35-12-21-18-7-3-1-5-16(18)17-6-2-4-8-19(17)21/h1-8,14-15,20-22H,9-13H2,(H,29,31)(H,30,34)(H,32,33)/t14-,15?,20-,22+/m1/s1. The molecule has 0 radical (unpaired) electrons. The zero-order chi connectivity index (χ0) is 24.7. The molecule has 5 rings (SSSR count). The zero-order valence-electron chi connectivity index (χ0n) is 18.9. The molecular formula is C26H26F2N2O5. The molecule has 3 aliphatic rings. The molecule has 35 heavy (non-hydrogen) atoms. The predicted molar refractivity (Wildman–Crippen MR) is 122 cm³/mol. The van der Waals surface area contributed by atoms with E-state index in [4.69, 9.17) is 9.84 Å². The Hall–Kier alpha value is -3.49. The summed E-state index contributed by atoms with van der Waals surface area (Å²) in [7, 11) is 0. The van der Waals surface area contributed by atoms with Gasteiger partial charge in [-0.15, -0.1) is 0 Å². The highest BCUT2D eigenvalue weighted by Crippen LogP contribution is 2.50. The molecule has 3 aliphatic carbocycles. The largest absolute Gasteiger partial charge is 0.477 e. The summed E-state index contributed by atoms with van der Waals surface area (Å²) in [6, 6.07) is 16.0. The second-order valence-electron chi connectivity index (χ2n) is 9.63. The van der Waals surface area contributed by atoms with Crippen LogP contribution in [-0.2, 0) is 14.3 Å². The maximum atomic E-state index is 13.2. The highest BCUT2D eigenvalue weighted by Gasteiger charge is 2.50. The van der Waals surface area contributed by atoms with Crippen molar-refractivity contribution in [3.63, 3.8) is 0 Å². The number of rotatable bonds is 7. The quantitative estimate of drug-likeness (QED) is 0.555. The van der Waals surface area contributed by atoms with E-state index in [1.54, 1.807) is 0 Å². The minimum Gasteiger partial charge on any atom is -0.477 e. The summed E-state index contributed by atoms with van der Waals surface area (Å²) < 4.78 is 32.1. The first-order valence-corrected chi connectivity index (χ1v) is 11.7. The number of alkyl carbamates (subject to hydrolysis) is 1. The number of alkyl halides is 2. The normalized spacial score (nSPS) is 24.5. The van der Waals surface area contributed by atoms with Crippen LogP contribution in [0.3, 0.4) is 0 Å². The van der Waals surface area contributed by atoms with Crippen molar-refractivity contribution in [1.29, 1.82) is 0 Å². The first kappa shape index (κ1) is 23.3. The van der Waals surface area contributed by atoms with E-state index in [1.807, 2.05) is 36.4 Å². The number of carbonyl (C=O) groups is 3. The Labute approximate surface area is 200 Å². The van der Waals surface area contributed by atoms with Gasteiger partial charge in [-0.05, 0) is 53.4 Å². The number of ether oxygens (including phenoxy) is 1. The maximum absolute atomic E-state index is 13.2. The fraction of sp³-hybridized carbons (Fsp3) is 0.423. The number of carboxylic acids is 1. The van der Waals surface area contributed by atoms with E-state index in [-0.39, 0.29) is 30.4 Å². The summed E-state index contributed by atoms with van der Waals surface area (Å²) in [5.74, 6) is -7.04. The van der Waals surface area contributed by atoms with Gasteiger partial charge in [0.05, 0.1) is 6.54 Å². The summed E-state index contributed by atoms with van der Waals surface area (Å²) in [6.07, 6.45) is 1.19. The maximum Gasteiger partial charge on any atom is 0.407 e. The molecule has 2 aromatic carbocycles. The SMILES string of the molecule is O=C(N[C@H]1C[C@H]2CC(C(=O)NCC(F)(F)C(=O)O)C[C@H]21)OCC1c2ccccc2-c2ccccc21. The van der Waals surface area contributed by atoms with E-state index >= 15 is 0 Å². The molecule has 0 bridgehead atoms. The van der Waals surface area contributed by atoms with Gasteiger partial charge in [0.25, 0.3) is 0 Å². The molecule has 0 aliphatic heterocycles. The molecule has 2 fully saturated rings. The van der Waals surface area contributed by atoms with Gasteiger partial charge >= 0.3 is 18.0 Å². The number of carboxylic acid groups (broad SMARTS) is 1. The van der Waals surface area contributed by atoms with Crippen LogP contribution >= 0.6 is 0 Å². The molecule has 2 aromatic rings. The van der Waals surface area contributed by atoms with Crippen LogP contribution in [0.15, 0.2) is 48.5 Å². The van der Waals surface area contributed by atoms with E-state index < -0.39 is 36.4 Å². The monoisotopic (exact) mass is 484 g/mol. The Morgan fingerprint density at radius 2 is 1.60 bits per heavy atom. The van der Waals surface area contributed by atoms with Gasteiger partial charge in [-0.2, -0.15) is 8.78 Å². The second kappa shape index (κ2) is 8.94. The van der Waals surface area contributed by atoms with Crippen molar-refractivity contribution in [1.82, 2.24) is 10.6 Å². The minimum atomic E-state index is -4.00. The molecular weight excluding hydrogens is 458 g/mol. The third-order valence-corrected chi connectivity index (χ3v) is 7.64. The fourth-order valence-electron chi connectivity index (χ4n) is 5.82. The molecule has 3 N–H and O–H groups in total. The van der Waals surface area contributed by atoms with Crippen LogP contribution in [0.2, 0.25) is 0 Å². The lowest BCUT2D eigenvalue weighted by atomic mass is 9.71. The highest BCUT2D eigenvalue weighted by atomic mass is 19.3. The Kier molecular flexibility index (Phi) is 5.94. The smallest absolute Gasteiger partial charge is 0.407 e. The van der Waals surface area contributed by atoms with Gasteiger partial charge in [-0.3, -0.25) is 4.79 Å². The summed E-state index contributed by atoms with van der Waals surface area (Å²) in [6.45, 7) is -1.02. The topological polar surface area (TPSA) is 105 Å². The number of aliphatic carboxylic acids is 1. The number of benzene rings is 2. The second-order valence-corrected chi connectivity index (χ2v) is 9.63. The predicted octanol–water partition coefficient (Wildman–Crippen LogP) is 3.78.